The predicted octanol–water partition coefficient (Wildman–Crippen LogP) is 5.00. The summed E-state index contributed by atoms with van der Waals surface area (Å²) in [6, 6.07) is 18.4. The van der Waals surface area contributed by atoms with Gasteiger partial charge in [0.05, 0.1) is 33.5 Å². The van der Waals surface area contributed by atoms with Crippen molar-refractivity contribution in [2.75, 3.05) is 60.5 Å². The van der Waals surface area contributed by atoms with Gasteiger partial charge in [0.15, 0.2) is 0 Å². The van der Waals surface area contributed by atoms with Crippen LogP contribution in [-0.4, -0.2) is 118 Å². The maximum Gasteiger partial charge on any atom is 0.251 e. The van der Waals surface area contributed by atoms with E-state index in [2.05, 4.69) is 36.3 Å². The summed E-state index contributed by atoms with van der Waals surface area (Å²) in [5, 5.41) is 29.6. The summed E-state index contributed by atoms with van der Waals surface area (Å²) < 4.78 is 11.7. The van der Waals surface area contributed by atoms with Gasteiger partial charge in [0, 0.05) is 61.0 Å². The number of aliphatic hydroxyl groups excluding tert-OH is 2. The average Bonchev–Trinajstić information content (AvgIpc) is 3.56. The lowest BCUT2D eigenvalue weighted by Crippen LogP contribution is -2.62. The molecule has 0 unspecified atom stereocenters. The second-order valence-corrected chi connectivity index (χ2v) is 17.8. The van der Waals surface area contributed by atoms with Crippen LogP contribution >= 0.6 is 0 Å². The van der Waals surface area contributed by atoms with E-state index in [1.165, 1.54) is 6.42 Å². The van der Waals surface area contributed by atoms with Crippen molar-refractivity contribution in [3.8, 4) is 22.6 Å². The van der Waals surface area contributed by atoms with Crippen LogP contribution < -0.4 is 25.0 Å². The monoisotopic (exact) mass is 799 g/mol. The summed E-state index contributed by atoms with van der Waals surface area (Å²) in [5.41, 5.74) is 4.92. The number of carbonyl (C=O) groups is 2. The molecule has 12 nitrogen and oxygen atoms in total. The fraction of sp³-hybridized carbons (Fsp3) is 0.565. The molecule has 1 saturated heterocycles. The Kier molecular flexibility index (Phi) is 13.4. The van der Waals surface area contributed by atoms with E-state index in [1.807, 2.05) is 93.8 Å². The molecule has 4 fully saturated rings. The Morgan fingerprint density at radius 3 is 2.34 bits per heavy atom. The van der Waals surface area contributed by atoms with Gasteiger partial charge >= 0.3 is 0 Å². The number of hydrogen-bond acceptors (Lipinski definition) is 10. The summed E-state index contributed by atoms with van der Waals surface area (Å²) in [6.07, 6.45) is 1.04. The van der Waals surface area contributed by atoms with E-state index in [0.717, 1.165) is 40.1 Å². The smallest absolute Gasteiger partial charge is 0.251 e. The first-order chi connectivity index (χ1) is 27.6. The van der Waals surface area contributed by atoms with Crippen molar-refractivity contribution < 1.29 is 34.1 Å². The molecule has 0 radical (unpaired) electrons. The second kappa shape index (κ2) is 18.0. The molecule has 0 spiro atoms. The van der Waals surface area contributed by atoms with Crippen LogP contribution in [0.2, 0.25) is 0 Å². The van der Waals surface area contributed by atoms with Crippen molar-refractivity contribution in [2.45, 2.75) is 83.8 Å². The molecule has 7 rings (SSSR count). The molecule has 4 aliphatic rings. The lowest BCUT2D eigenvalue weighted by molar-refractivity contribution is -0.183. The zero-order valence-corrected chi connectivity index (χ0v) is 36.0. The highest BCUT2D eigenvalue weighted by Gasteiger charge is 2.57. The fourth-order valence-electron chi connectivity index (χ4n) is 9.99. The second-order valence-electron chi connectivity index (χ2n) is 17.8. The number of nitrogens with one attached hydrogen (secondary N) is 2. The molecule has 2 amide bonds. The predicted molar refractivity (Wildman–Crippen MR) is 227 cm³/mol. The number of rotatable bonds is 16. The van der Waals surface area contributed by atoms with Crippen LogP contribution in [0.3, 0.4) is 0 Å². The quantitative estimate of drug-likeness (QED) is 0.157. The van der Waals surface area contributed by atoms with Crippen LogP contribution in [0.4, 0.5) is 5.69 Å². The lowest BCUT2D eigenvalue weighted by Gasteiger charge is -2.62. The van der Waals surface area contributed by atoms with Crippen molar-refractivity contribution in [3.63, 3.8) is 0 Å². The third-order valence-electron chi connectivity index (χ3n) is 13.3. The first-order valence-electron chi connectivity index (χ1n) is 20.7. The molecule has 316 valence electrons. The first-order valence-corrected chi connectivity index (χ1v) is 20.7. The zero-order chi connectivity index (χ0) is 42.1. The zero-order valence-electron chi connectivity index (χ0n) is 36.0. The van der Waals surface area contributed by atoms with Gasteiger partial charge < -0.3 is 40.1 Å². The Balaban J connectivity index is 1.29. The number of para-hydroxylation sites is 2. The van der Waals surface area contributed by atoms with Crippen LogP contribution in [0, 0.1) is 29.1 Å². The van der Waals surface area contributed by atoms with Crippen molar-refractivity contribution in [3.05, 3.63) is 77.4 Å². The van der Waals surface area contributed by atoms with Gasteiger partial charge in [0.1, 0.15) is 23.6 Å². The van der Waals surface area contributed by atoms with E-state index in [-0.39, 0.29) is 42.5 Å². The van der Waals surface area contributed by atoms with Gasteiger partial charge in [0.25, 0.3) is 5.91 Å². The Morgan fingerprint density at radius 2 is 1.72 bits per heavy atom. The molecular formula is C46H65N5O7. The Hall–Kier alpha value is -4.20. The lowest BCUT2D eigenvalue weighted by atomic mass is 9.45. The van der Waals surface area contributed by atoms with Crippen LogP contribution in [0.5, 0.6) is 11.5 Å². The number of ether oxygens (including phenoxy) is 2. The van der Waals surface area contributed by atoms with Crippen LogP contribution in [0.1, 0.15) is 62.0 Å². The van der Waals surface area contributed by atoms with Crippen molar-refractivity contribution in [2.24, 2.45) is 29.1 Å². The number of carbonyl (C=O) groups excluding carboxylic acids is 2. The third-order valence-corrected chi connectivity index (χ3v) is 13.3. The highest BCUT2D eigenvalue weighted by Crippen LogP contribution is 2.61. The number of hydroxylamine groups is 2. The van der Waals surface area contributed by atoms with Crippen LogP contribution in [0.15, 0.2) is 60.7 Å². The normalized spacial score (nSPS) is 26.1. The van der Waals surface area contributed by atoms with E-state index in [9.17, 15) is 19.8 Å². The molecule has 12 heteroatoms. The van der Waals surface area contributed by atoms with Gasteiger partial charge in [-0.15, -0.1) is 0 Å². The molecule has 0 aromatic heterocycles. The number of benzene rings is 3. The number of likely N-dealkylation sites (N-methyl/N-ethyl adjacent to an activating group) is 1. The molecule has 3 aromatic carbocycles. The van der Waals surface area contributed by atoms with E-state index >= 15 is 0 Å². The Morgan fingerprint density at radius 1 is 1.00 bits per heavy atom. The van der Waals surface area contributed by atoms with Gasteiger partial charge in [-0.3, -0.25) is 14.4 Å². The molecule has 4 N–H and O–H groups in total. The molecule has 3 aromatic rings. The van der Waals surface area contributed by atoms with Crippen LogP contribution in [0.25, 0.3) is 11.1 Å². The maximum atomic E-state index is 14.3. The number of nitrogens with zero attached hydrogens (tertiary/aromatic N) is 3. The Labute approximate surface area is 344 Å². The van der Waals surface area contributed by atoms with Crippen LogP contribution in [-0.2, 0) is 22.6 Å². The first kappa shape index (κ1) is 43.4. The summed E-state index contributed by atoms with van der Waals surface area (Å²) in [6.45, 7) is 8.99. The van der Waals surface area contributed by atoms with Crippen molar-refractivity contribution in [1.29, 1.82) is 0 Å². The molecule has 9 atom stereocenters. The number of anilines is 1. The number of amides is 2. The molecule has 1 aliphatic heterocycles. The maximum absolute atomic E-state index is 14.3. The van der Waals surface area contributed by atoms with E-state index in [4.69, 9.17) is 14.3 Å². The van der Waals surface area contributed by atoms with Gasteiger partial charge in [-0.05, 0) is 98.8 Å². The molecule has 3 saturated carbocycles. The molecular weight excluding hydrogens is 735 g/mol. The van der Waals surface area contributed by atoms with E-state index in [0.29, 0.717) is 42.0 Å². The molecule has 58 heavy (non-hydrogen) atoms. The number of fused-ring (bicyclic) bond motifs is 2. The topological polar surface area (TPSA) is 136 Å². The summed E-state index contributed by atoms with van der Waals surface area (Å²) in [4.78, 5) is 38.8. The summed E-state index contributed by atoms with van der Waals surface area (Å²) in [7, 11) is 11.1. The number of aliphatic hydroxyl groups is 2. The van der Waals surface area contributed by atoms with Gasteiger partial charge in [-0.25, -0.2) is 0 Å². The highest BCUT2D eigenvalue weighted by molar-refractivity contribution is 5.97. The molecule has 1 heterocycles. The van der Waals surface area contributed by atoms with Gasteiger partial charge in [-0.1, -0.05) is 57.2 Å². The largest absolute Gasteiger partial charge is 0.496 e. The van der Waals surface area contributed by atoms with Crippen molar-refractivity contribution in [1.82, 2.24) is 20.6 Å². The summed E-state index contributed by atoms with van der Waals surface area (Å²) >= 11 is 0. The average molecular weight is 800 g/mol. The fourth-order valence-corrected chi connectivity index (χ4v) is 9.99. The molecule has 3 aliphatic carbocycles. The Bertz CT molecular complexity index is 1920. The van der Waals surface area contributed by atoms with E-state index < -0.39 is 24.2 Å². The van der Waals surface area contributed by atoms with E-state index in [1.54, 1.807) is 26.2 Å². The number of methoxy groups -OCH3 is 2. The minimum absolute atomic E-state index is 0.0292. The molecule has 2 bridgehead atoms. The SMILES string of the molecule is COc1ccccc1C[C@@H](CN(C)C)NC(=O)c1cc(-c2cccc(CN3O[C@@H](CO)[C@@H]([C@H](C)O)[C@H]3C(=O)N[C@H]3C[C@H]4C[C@H]([C@@H]3C)C4(C)C)c2OC)cc(N(C)C)c1. The third kappa shape index (κ3) is 8.86. The van der Waals surface area contributed by atoms with Gasteiger partial charge in [-0.2, -0.15) is 5.06 Å². The standard InChI is InChI=1S/C46H65N5O7/c1-27-37-22-33(46(37,3)4)23-38(27)48-45(55)42-41(28(2)53)40(26-52)58-51(42)24-30-15-13-16-36(43(30)57-10)31-18-32(21-35(20-31)50(7)8)44(54)47-34(25-49(5)6)19-29-14-11-12-17-39(29)56-9/h11-18,20-21,27-28,33-34,37-38,40-42,52-53H,19,22-26H2,1-10H3,(H,47,54)(H,48,55)/t27-,28-,33+,34-,37+,38-,40-,41+,42-/m0/s1. The number of hydrogen-bond donors (Lipinski definition) is 4. The highest BCUT2D eigenvalue weighted by atomic mass is 16.7. The minimum Gasteiger partial charge on any atom is -0.496 e. The van der Waals surface area contributed by atoms with Gasteiger partial charge in [0.2, 0.25) is 5.91 Å². The van der Waals surface area contributed by atoms with Crippen molar-refractivity contribution >= 4 is 17.5 Å². The minimum atomic E-state index is -0.910. The summed E-state index contributed by atoms with van der Waals surface area (Å²) in [5.74, 6) is 1.73.